The Morgan fingerprint density at radius 1 is 1.47 bits per heavy atom. The fourth-order valence-corrected chi connectivity index (χ4v) is 3.57. The van der Waals surface area contributed by atoms with Crippen LogP contribution in [0.1, 0.15) is 49.7 Å². The van der Waals surface area contributed by atoms with Crippen molar-refractivity contribution in [3.63, 3.8) is 0 Å². The molecular formula is C14H22N2O2S. The van der Waals surface area contributed by atoms with Crippen LogP contribution in [0.2, 0.25) is 0 Å². The van der Waals surface area contributed by atoms with E-state index in [1.165, 1.54) is 16.0 Å². The van der Waals surface area contributed by atoms with Crippen molar-refractivity contribution in [2.45, 2.75) is 52.7 Å². The predicted molar refractivity (Wildman–Crippen MR) is 78.5 cm³/mol. The quantitative estimate of drug-likeness (QED) is 0.792. The molecule has 4 nitrogen and oxygen atoms in total. The number of nitrogens with zero attached hydrogens (tertiary/aromatic N) is 1. The molecule has 106 valence electrons. The summed E-state index contributed by atoms with van der Waals surface area (Å²) in [5.41, 5.74) is 8.02. The van der Waals surface area contributed by atoms with Crippen molar-refractivity contribution in [2.75, 3.05) is 12.3 Å². The lowest BCUT2D eigenvalue weighted by Crippen LogP contribution is -2.41. The summed E-state index contributed by atoms with van der Waals surface area (Å²) in [4.78, 5) is 15.2. The lowest BCUT2D eigenvalue weighted by Gasteiger charge is -2.35. The van der Waals surface area contributed by atoms with Gasteiger partial charge in [-0.15, -0.1) is 11.3 Å². The van der Waals surface area contributed by atoms with Gasteiger partial charge in [-0.25, -0.2) is 4.79 Å². The minimum absolute atomic E-state index is 0.0413. The number of rotatable bonds is 0. The Morgan fingerprint density at radius 2 is 2.11 bits per heavy atom. The molecular weight excluding hydrogens is 260 g/mol. The van der Waals surface area contributed by atoms with Crippen LogP contribution in [0.25, 0.3) is 0 Å². The highest BCUT2D eigenvalue weighted by Gasteiger charge is 2.33. The predicted octanol–water partition coefficient (Wildman–Crippen LogP) is 3.49. The Labute approximate surface area is 118 Å². The van der Waals surface area contributed by atoms with Gasteiger partial charge in [-0.3, -0.25) is 0 Å². The minimum atomic E-state index is -0.457. The highest BCUT2D eigenvalue weighted by atomic mass is 32.1. The normalized spacial score (nSPS) is 19.2. The zero-order valence-corrected chi connectivity index (χ0v) is 13.1. The number of nitrogen functional groups attached to an aromatic ring is 1. The third kappa shape index (κ3) is 2.71. The van der Waals surface area contributed by atoms with E-state index in [0.29, 0.717) is 6.54 Å². The first-order chi connectivity index (χ1) is 8.70. The van der Waals surface area contributed by atoms with Gasteiger partial charge in [-0.2, -0.15) is 0 Å². The molecule has 2 heterocycles. The molecule has 0 aromatic carbocycles. The summed E-state index contributed by atoms with van der Waals surface area (Å²) in [5.74, 6) is 0. The van der Waals surface area contributed by atoms with Crippen LogP contribution in [-0.2, 0) is 11.2 Å². The number of carbonyl (C=O) groups excluding carboxylic acids is 1. The van der Waals surface area contributed by atoms with Crippen LogP contribution in [0.5, 0.6) is 0 Å². The van der Waals surface area contributed by atoms with Gasteiger partial charge in [0.15, 0.2) is 0 Å². The maximum absolute atomic E-state index is 12.2. The van der Waals surface area contributed by atoms with E-state index in [1.54, 1.807) is 16.2 Å². The van der Waals surface area contributed by atoms with E-state index >= 15 is 0 Å². The number of hydrogen-bond acceptors (Lipinski definition) is 4. The van der Waals surface area contributed by atoms with Crippen molar-refractivity contribution >= 4 is 22.4 Å². The Hall–Kier alpha value is -1.23. The summed E-state index contributed by atoms with van der Waals surface area (Å²) >= 11 is 1.59. The topological polar surface area (TPSA) is 55.6 Å². The fraction of sp³-hybridized carbons (Fsp3) is 0.643. The molecule has 0 fully saturated rings. The molecule has 1 atom stereocenters. The number of thiophene rings is 1. The van der Waals surface area contributed by atoms with Gasteiger partial charge >= 0.3 is 6.09 Å². The Morgan fingerprint density at radius 3 is 2.68 bits per heavy atom. The first kappa shape index (κ1) is 14.2. The van der Waals surface area contributed by atoms with Crippen molar-refractivity contribution in [1.29, 1.82) is 0 Å². The van der Waals surface area contributed by atoms with Crippen molar-refractivity contribution < 1.29 is 9.53 Å². The van der Waals surface area contributed by atoms with Crippen LogP contribution in [0.15, 0.2) is 0 Å². The second-order valence-electron chi connectivity index (χ2n) is 6.03. The number of anilines is 1. The van der Waals surface area contributed by atoms with Crippen LogP contribution < -0.4 is 5.73 Å². The SMILES string of the molecule is Cc1c(N)sc2c1CCN(C(=O)OC(C)(C)C)C2C. The standard InChI is InChI=1S/C14H22N2O2S/c1-8-10-6-7-16(13(17)18-14(3,4)5)9(2)11(10)19-12(8)15/h9H,6-7,15H2,1-5H3. The van der Waals surface area contributed by atoms with Crippen LogP contribution in [0, 0.1) is 6.92 Å². The molecule has 0 radical (unpaired) electrons. The molecule has 2 rings (SSSR count). The van der Waals surface area contributed by atoms with Crippen molar-refractivity contribution in [1.82, 2.24) is 4.90 Å². The summed E-state index contributed by atoms with van der Waals surface area (Å²) in [6.07, 6.45) is 0.619. The minimum Gasteiger partial charge on any atom is -0.444 e. The zero-order valence-electron chi connectivity index (χ0n) is 12.2. The summed E-state index contributed by atoms with van der Waals surface area (Å²) in [5, 5.41) is 0.864. The maximum atomic E-state index is 12.2. The molecule has 1 amide bonds. The molecule has 0 saturated carbocycles. The van der Waals surface area contributed by atoms with Gasteiger partial charge in [0, 0.05) is 11.4 Å². The lowest BCUT2D eigenvalue weighted by atomic mass is 9.99. The number of ether oxygens (including phenoxy) is 1. The second kappa shape index (κ2) is 4.71. The third-order valence-corrected chi connectivity index (χ3v) is 4.75. The van der Waals surface area contributed by atoms with Gasteiger partial charge in [0.05, 0.1) is 11.0 Å². The number of nitrogens with two attached hydrogens (primary N) is 1. The Balaban J connectivity index is 2.22. The zero-order chi connectivity index (χ0) is 14.4. The summed E-state index contributed by atoms with van der Waals surface area (Å²) < 4.78 is 5.46. The van der Waals surface area contributed by atoms with Crippen molar-refractivity contribution in [3.8, 4) is 0 Å². The van der Waals surface area contributed by atoms with Gasteiger partial charge in [0.1, 0.15) is 5.60 Å². The van der Waals surface area contributed by atoms with E-state index in [0.717, 1.165) is 11.4 Å². The molecule has 0 saturated heterocycles. The highest BCUT2D eigenvalue weighted by molar-refractivity contribution is 7.16. The van der Waals surface area contributed by atoms with Crippen molar-refractivity contribution in [3.05, 3.63) is 16.0 Å². The van der Waals surface area contributed by atoms with Crippen LogP contribution in [-0.4, -0.2) is 23.1 Å². The third-order valence-electron chi connectivity index (χ3n) is 3.42. The van der Waals surface area contributed by atoms with E-state index in [1.807, 2.05) is 27.7 Å². The van der Waals surface area contributed by atoms with E-state index < -0.39 is 5.60 Å². The molecule has 1 unspecified atom stereocenters. The summed E-state index contributed by atoms with van der Waals surface area (Å²) in [6, 6.07) is 0.0413. The average Bonchev–Trinajstić information content (AvgIpc) is 2.55. The van der Waals surface area contributed by atoms with Gasteiger partial charge in [-0.05, 0) is 52.2 Å². The number of carbonyl (C=O) groups is 1. The Kier molecular flexibility index (Phi) is 3.51. The first-order valence-electron chi connectivity index (χ1n) is 6.58. The molecule has 5 heteroatoms. The molecule has 0 spiro atoms. The van der Waals surface area contributed by atoms with E-state index in [9.17, 15) is 4.79 Å². The van der Waals surface area contributed by atoms with Crippen LogP contribution in [0.3, 0.4) is 0 Å². The maximum Gasteiger partial charge on any atom is 0.410 e. The van der Waals surface area contributed by atoms with Gasteiger partial charge < -0.3 is 15.4 Å². The van der Waals surface area contributed by atoms with Crippen LogP contribution in [0.4, 0.5) is 9.80 Å². The first-order valence-corrected chi connectivity index (χ1v) is 7.39. The molecule has 0 aliphatic carbocycles. The molecule has 19 heavy (non-hydrogen) atoms. The van der Waals surface area contributed by atoms with Gasteiger partial charge in [-0.1, -0.05) is 0 Å². The summed E-state index contributed by atoms with van der Waals surface area (Å²) in [7, 11) is 0. The highest BCUT2D eigenvalue weighted by Crippen LogP contribution is 2.40. The molecule has 1 aliphatic heterocycles. The fourth-order valence-electron chi connectivity index (χ4n) is 2.38. The van der Waals surface area contributed by atoms with Crippen LogP contribution >= 0.6 is 11.3 Å². The number of fused-ring (bicyclic) bond motifs is 1. The average molecular weight is 282 g/mol. The summed E-state index contributed by atoms with van der Waals surface area (Å²) in [6.45, 7) is 10.5. The molecule has 0 bridgehead atoms. The monoisotopic (exact) mass is 282 g/mol. The molecule has 2 N–H and O–H groups in total. The smallest absolute Gasteiger partial charge is 0.410 e. The lowest BCUT2D eigenvalue weighted by molar-refractivity contribution is 0.0163. The second-order valence-corrected chi connectivity index (χ2v) is 7.12. The van der Waals surface area contributed by atoms with E-state index in [4.69, 9.17) is 10.5 Å². The van der Waals surface area contributed by atoms with Crippen molar-refractivity contribution in [2.24, 2.45) is 0 Å². The Bertz CT molecular complexity index is 502. The van der Waals surface area contributed by atoms with E-state index in [-0.39, 0.29) is 12.1 Å². The molecule has 1 aromatic rings. The van der Waals surface area contributed by atoms with Gasteiger partial charge in [0.25, 0.3) is 0 Å². The largest absolute Gasteiger partial charge is 0.444 e. The van der Waals surface area contributed by atoms with E-state index in [2.05, 4.69) is 6.92 Å². The molecule has 1 aromatic heterocycles. The molecule has 1 aliphatic rings. The number of hydrogen-bond donors (Lipinski definition) is 1. The number of amides is 1. The van der Waals surface area contributed by atoms with Gasteiger partial charge in [0.2, 0.25) is 0 Å².